The van der Waals surface area contributed by atoms with Crippen molar-refractivity contribution < 1.29 is 28.2 Å². The topological polar surface area (TPSA) is 61.8 Å². The predicted octanol–water partition coefficient (Wildman–Crippen LogP) is 3.36. The maximum Gasteiger partial charge on any atom is 0.341 e. The first kappa shape index (κ1) is 15.5. The zero-order valence-corrected chi connectivity index (χ0v) is 13.3. The summed E-state index contributed by atoms with van der Waals surface area (Å²) in [5, 5.41) is 0. The molecule has 7 heteroatoms. The second kappa shape index (κ2) is 6.37. The Bertz CT molecular complexity index is 790. The zero-order chi connectivity index (χ0) is 16.4. The first-order valence-corrected chi connectivity index (χ1v) is 7.39. The number of Topliss-reactive ketones (excluding diaryl/α,β-unsaturated/α-hetero) is 1. The third kappa shape index (κ3) is 3.34. The summed E-state index contributed by atoms with van der Waals surface area (Å²) in [6.45, 7) is -0.394. The van der Waals surface area contributed by atoms with E-state index >= 15 is 0 Å². The average molecular weight is 381 g/mol. The normalized spacial score (nSPS) is 12.1. The van der Waals surface area contributed by atoms with Crippen LogP contribution in [0.5, 0.6) is 11.5 Å². The maximum atomic E-state index is 13.6. The van der Waals surface area contributed by atoms with Gasteiger partial charge in [0.1, 0.15) is 5.82 Å². The Balaban J connectivity index is 1.67. The number of carbonyl (C=O) groups is 2. The highest BCUT2D eigenvalue weighted by Gasteiger charge is 2.19. The van der Waals surface area contributed by atoms with Gasteiger partial charge in [-0.05, 0) is 36.4 Å². The molecule has 0 saturated heterocycles. The van der Waals surface area contributed by atoms with Crippen LogP contribution < -0.4 is 9.47 Å². The number of rotatable bonds is 4. The molecule has 0 fully saturated rings. The second-order valence-electron chi connectivity index (χ2n) is 4.69. The number of halogens is 2. The van der Waals surface area contributed by atoms with Crippen LogP contribution in [-0.2, 0) is 4.74 Å². The highest BCUT2D eigenvalue weighted by atomic mass is 79.9. The number of fused-ring (bicyclic) bond motifs is 1. The number of carbonyl (C=O) groups excluding carboxylic acids is 2. The molecule has 0 amide bonds. The van der Waals surface area contributed by atoms with Crippen LogP contribution >= 0.6 is 15.9 Å². The predicted molar refractivity (Wildman–Crippen MR) is 81.3 cm³/mol. The largest absolute Gasteiger partial charge is 0.454 e. The molecule has 0 bridgehead atoms. The zero-order valence-electron chi connectivity index (χ0n) is 11.7. The number of ether oxygens (including phenoxy) is 3. The minimum Gasteiger partial charge on any atom is -0.454 e. The smallest absolute Gasteiger partial charge is 0.341 e. The summed E-state index contributed by atoms with van der Waals surface area (Å²) in [5.41, 5.74) is 0.0784. The Morgan fingerprint density at radius 1 is 1.13 bits per heavy atom. The van der Waals surface area contributed by atoms with Crippen molar-refractivity contribution in [2.45, 2.75) is 0 Å². The van der Waals surface area contributed by atoms with Crippen molar-refractivity contribution >= 4 is 27.7 Å². The van der Waals surface area contributed by atoms with E-state index in [4.69, 9.17) is 14.2 Å². The molecule has 0 radical (unpaired) electrons. The Labute approximate surface area is 139 Å². The van der Waals surface area contributed by atoms with Gasteiger partial charge in [0.2, 0.25) is 6.79 Å². The van der Waals surface area contributed by atoms with Gasteiger partial charge in [-0.15, -0.1) is 0 Å². The van der Waals surface area contributed by atoms with Crippen molar-refractivity contribution in [2.24, 2.45) is 0 Å². The third-order valence-corrected chi connectivity index (χ3v) is 3.67. The Hall–Kier alpha value is -2.41. The fourth-order valence-corrected chi connectivity index (χ4v) is 2.38. The lowest BCUT2D eigenvalue weighted by Gasteiger charge is -2.06. The molecule has 0 N–H and O–H groups in total. The quantitative estimate of drug-likeness (QED) is 0.601. The number of esters is 1. The Morgan fingerprint density at radius 2 is 1.91 bits per heavy atom. The fourth-order valence-electron chi connectivity index (χ4n) is 2.02. The molecular weight excluding hydrogens is 371 g/mol. The molecule has 0 saturated carbocycles. The van der Waals surface area contributed by atoms with Gasteiger partial charge >= 0.3 is 5.97 Å². The van der Waals surface area contributed by atoms with E-state index in [1.807, 2.05) is 0 Å². The van der Waals surface area contributed by atoms with Crippen molar-refractivity contribution in [3.8, 4) is 11.5 Å². The minimum atomic E-state index is -0.905. The van der Waals surface area contributed by atoms with E-state index in [1.165, 1.54) is 18.2 Å². The Kier molecular flexibility index (Phi) is 4.29. The van der Waals surface area contributed by atoms with Crippen molar-refractivity contribution in [3.05, 3.63) is 57.8 Å². The molecule has 1 aliphatic rings. The standard InChI is InChI=1S/C16H10BrFO5/c17-10-2-3-12(18)11(6-10)16(20)21-7-13(19)9-1-4-14-15(5-9)23-8-22-14/h1-6H,7-8H2. The van der Waals surface area contributed by atoms with E-state index in [0.717, 1.165) is 6.07 Å². The molecule has 3 rings (SSSR count). The molecule has 0 spiro atoms. The third-order valence-electron chi connectivity index (χ3n) is 3.18. The highest BCUT2D eigenvalue weighted by Crippen LogP contribution is 2.32. The van der Waals surface area contributed by atoms with Gasteiger partial charge in [-0.2, -0.15) is 0 Å². The number of benzene rings is 2. The summed E-state index contributed by atoms with van der Waals surface area (Å²) in [6, 6.07) is 8.56. The van der Waals surface area contributed by atoms with Gasteiger partial charge in [-0.1, -0.05) is 15.9 Å². The molecular formula is C16H10BrFO5. The van der Waals surface area contributed by atoms with Crippen LogP contribution in [0.3, 0.4) is 0 Å². The molecule has 5 nitrogen and oxygen atoms in total. The first-order chi connectivity index (χ1) is 11.0. The molecule has 2 aromatic carbocycles. The lowest BCUT2D eigenvalue weighted by Crippen LogP contribution is -2.15. The molecule has 1 aliphatic heterocycles. The van der Waals surface area contributed by atoms with E-state index in [9.17, 15) is 14.0 Å². The van der Waals surface area contributed by atoms with E-state index in [-0.39, 0.29) is 12.4 Å². The monoisotopic (exact) mass is 380 g/mol. The molecule has 0 atom stereocenters. The molecule has 118 valence electrons. The molecule has 1 heterocycles. The van der Waals surface area contributed by atoms with Crippen LogP contribution in [-0.4, -0.2) is 25.2 Å². The minimum absolute atomic E-state index is 0.101. The number of hydrogen-bond donors (Lipinski definition) is 0. The van der Waals surface area contributed by atoms with Crippen molar-refractivity contribution in [2.75, 3.05) is 13.4 Å². The van der Waals surface area contributed by atoms with Crippen LogP contribution in [0.4, 0.5) is 4.39 Å². The van der Waals surface area contributed by atoms with E-state index < -0.39 is 24.2 Å². The van der Waals surface area contributed by atoms with Gasteiger partial charge in [0, 0.05) is 10.0 Å². The van der Waals surface area contributed by atoms with Crippen LogP contribution in [0, 0.1) is 5.82 Å². The molecule has 23 heavy (non-hydrogen) atoms. The summed E-state index contributed by atoms with van der Waals surface area (Å²) in [6.07, 6.45) is 0. The summed E-state index contributed by atoms with van der Waals surface area (Å²) in [7, 11) is 0. The van der Waals surface area contributed by atoms with Crippen LogP contribution in [0.15, 0.2) is 40.9 Å². The van der Waals surface area contributed by atoms with Crippen LogP contribution in [0.2, 0.25) is 0 Å². The van der Waals surface area contributed by atoms with E-state index in [2.05, 4.69) is 15.9 Å². The van der Waals surface area contributed by atoms with Gasteiger partial charge in [-0.3, -0.25) is 4.79 Å². The van der Waals surface area contributed by atoms with Crippen molar-refractivity contribution in [1.82, 2.24) is 0 Å². The summed E-state index contributed by atoms with van der Waals surface area (Å²) in [4.78, 5) is 23.9. The van der Waals surface area contributed by atoms with Crippen molar-refractivity contribution in [3.63, 3.8) is 0 Å². The second-order valence-corrected chi connectivity index (χ2v) is 5.61. The van der Waals surface area contributed by atoms with E-state index in [1.54, 1.807) is 12.1 Å². The van der Waals surface area contributed by atoms with Gasteiger partial charge in [0.15, 0.2) is 23.9 Å². The summed E-state index contributed by atoms with van der Waals surface area (Å²) in [5.74, 6) is -1.03. The maximum absolute atomic E-state index is 13.6. The first-order valence-electron chi connectivity index (χ1n) is 6.59. The molecule has 0 aliphatic carbocycles. The fraction of sp³-hybridized carbons (Fsp3) is 0.125. The number of hydrogen-bond acceptors (Lipinski definition) is 5. The van der Waals surface area contributed by atoms with Gasteiger partial charge < -0.3 is 14.2 Å². The van der Waals surface area contributed by atoms with Crippen LogP contribution in [0.1, 0.15) is 20.7 Å². The van der Waals surface area contributed by atoms with Gasteiger partial charge in [0.05, 0.1) is 5.56 Å². The summed E-state index contributed by atoms with van der Waals surface area (Å²) < 4.78 is 29.3. The highest BCUT2D eigenvalue weighted by molar-refractivity contribution is 9.10. The summed E-state index contributed by atoms with van der Waals surface area (Å²) >= 11 is 3.14. The lowest BCUT2D eigenvalue weighted by atomic mass is 10.1. The van der Waals surface area contributed by atoms with Crippen LogP contribution in [0.25, 0.3) is 0 Å². The molecule has 0 aromatic heterocycles. The number of ketones is 1. The molecule has 0 unspecified atom stereocenters. The Morgan fingerprint density at radius 3 is 2.74 bits per heavy atom. The van der Waals surface area contributed by atoms with E-state index in [0.29, 0.717) is 21.5 Å². The van der Waals surface area contributed by atoms with Gasteiger partial charge in [0.25, 0.3) is 0 Å². The van der Waals surface area contributed by atoms with Crippen molar-refractivity contribution in [1.29, 1.82) is 0 Å². The van der Waals surface area contributed by atoms with Gasteiger partial charge in [-0.25, -0.2) is 9.18 Å². The SMILES string of the molecule is O=C(COC(=O)c1cc(Br)ccc1F)c1ccc2c(c1)OCO2. The lowest BCUT2D eigenvalue weighted by molar-refractivity contribution is 0.0470. The molecule has 2 aromatic rings. The average Bonchev–Trinajstić information content (AvgIpc) is 3.02.